The van der Waals surface area contributed by atoms with E-state index in [4.69, 9.17) is 0 Å². The van der Waals surface area contributed by atoms with Gasteiger partial charge in [-0.1, -0.05) is 6.07 Å². The third-order valence-corrected chi connectivity index (χ3v) is 4.03. The first-order chi connectivity index (χ1) is 10.2. The Bertz CT molecular complexity index is 526. The van der Waals surface area contributed by atoms with E-state index in [-0.39, 0.29) is 41.5 Å². The zero-order valence-corrected chi connectivity index (χ0v) is 14.9. The molecular weight excluding hydrogens is 399 g/mol. The minimum absolute atomic E-state index is 0. The summed E-state index contributed by atoms with van der Waals surface area (Å²) >= 11 is 0. The van der Waals surface area contributed by atoms with Gasteiger partial charge in [-0.3, -0.25) is 4.99 Å². The summed E-state index contributed by atoms with van der Waals surface area (Å²) in [5, 5.41) is 6.47. The molecule has 0 aliphatic heterocycles. The minimum Gasteiger partial charge on any atom is -0.357 e. The van der Waals surface area contributed by atoms with Crippen LogP contribution in [-0.4, -0.2) is 25.1 Å². The molecule has 3 nitrogen and oxygen atoms in total. The maximum absolute atomic E-state index is 13.7. The Hall–Kier alpha value is -0.920. The summed E-state index contributed by atoms with van der Waals surface area (Å²) in [6, 6.07) is 4.11. The van der Waals surface area contributed by atoms with Gasteiger partial charge < -0.3 is 10.6 Å². The predicted molar refractivity (Wildman–Crippen MR) is 94.8 cm³/mol. The van der Waals surface area contributed by atoms with Crippen molar-refractivity contribution in [2.24, 2.45) is 10.9 Å². The Kier molecular flexibility index (Phi) is 6.00. The van der Waals surface area contributed by atoms with E-state index in [9.17, 15) is 8.78 Å². The Morgan fingerprint density at radius 3 is 2.55 bits per heavy atom. The van der Waals surface area contributed by atoms with Gasteiger partial charge in [0.1, 0.15) is 11.6 Å². The van der Waals surface area contributed by atoms with E-state index >= 15 is 0 Å². The first kappa shape index (κ1) is 17.4. The molecule has 2 atom stereocenters. The molecule has 2 N–H and O–H groups in total. The molecule has 2 aliphatic rings. The van der Waals surface area contributed by atoms with Crippen molar-refractivity contribution < 1.29 is 8.78 Å². The zero-order chi connectivity index (χ0) is 14.8. The standard InChI is InChI=1S/C16H21F2N3.HI/c1-2-19-16(20-9-10-6-7-10)21-14-8-11(14)15-12(17)4-3-5-13(15)18;/h3-5,10-11,14H,2,6-9H2,1H3,(H2,19,20,21);1H. The van der Waals surface area contributed by atoms with E-state index in [1.807, 2.05) is 6.92 Å². The molecule has 0 radical (unpaired) electrons. The number of hydrogen-bond donors (Lipinski definition) is 2. The van der Waals surface area contributed by atoms with E-state index in [2.05, 4.69) is 15.6 Å². The number of nitrogens with one attached hydrogen (secondary N) is 2. The molecule has 2 aliphatic carbocycles. The van der Waals surface area contributed by atoms with Gasteiger partial charge in [-0.25, -0.2) is 8.78 Å². The van der Waals surface area contributed by atoms with Gasteiger partial charge in [-0.2, -0.15) is 0 Å². The van der Waals surface area contributed by atoms with E-state index in [1.165, 1.54) is 31.0 Å². The molecule has 122 valence electrons. The minimum atomic E-state index is -0.454. The second-order valence-electron chi connectivity index (χ2n) is 5.89. The number of rotatable bonds is 5. The molecule has 2 unspecified atom stereocenters. The van der Waals surface area contributed by atoms with Crippen molar-refractivity contribution in [3.05, 3.63) is 35.4 Å². The lowest BCUT2D eigenvalue weighted by molar-refractivity contribution is 0.553. The lowest BCUT2D eigenvalue weighted by atomic mass is 10.1. The summed E-state index contributed by atoms with van der Waals surface area (Å²) in [4.78, 5) is 4.54. The molecule has 3 rings (SSSR count). The number of halogens is 3. The van der Waals surface area contributed by atoms with Gasteiger partial charge in [0.15, 0.2) is 5.96 Å². The molecule has 0 spiro atoms. The van der Waals surface area contributed by atoms with Crippen LogP contribution in [0.3, 0.4) is 0 Å². The van der Waals surface area contributed by atoms with Crippen molar-refractivity contribution in [3.63, 3.8) is 0 Å². The highest BCUT2D eigenvalue weighted by Crippen LogP contribution is 2.43. The average Bonchev–Trinajstić information content (AvgIpc) is 3.32. The number of benzene rings is 1. The lowest BCUT2D eigenvalue weighted by Gasteiger charge is -2.11. The van der Waals surface area contributed by atoms with Crippen molar-refractivity contribution in [2.75, 3.05) is 13.1 Å². The average molecular weight is 421 g/mol. The molecule has 0 aromatic heterocycles. The number of nitrogens with zero attached hydrogens (tertiary/aromatic N) is 1. The Morgan fingerprint density at radius 1 is 1.27 bits per heavy atom. The molecule has 1 aromatic rings. The maximum atomic E-state index is 13.7. The van der Waals surface area contributed by atoms with Crippen LogP contribution < -0.4 is 10.6 Å². The van der Waals surface area contributed by atoms with Gasteiger partial charge in [0, 0.05) is 30.6 Å². The van der Waals surface area contributed by atoms with Crippen LogP contribution in [0.5, 0.6) is 0 Å². The van der Waals surface area contributed by atoms with Crippen molar-refractivity contribution in [3.8, 4) is 0 Å². The summed E-state index contributed by atoms with van der Waals surface area (Å²) in [6.07, 6.45) is 3.26. The second kappa shape index (κ2) is 7.57. The molecule has 2 fully saturated rings. The third-order valence-electron chi connectivity index (χ3n) is 4.03. The van der Waals surface area contributed by atoms with Crippen LogP contribution >= 0.6 is 24.0 Å². The normalized spacial score (nSPS) is 23.7. The van der Waals surface area contributed by atoms with E-state index in [0.717, 1.165) is 31.4 Å². The fraction of sp³-hybridized carbons (Fsp3) is 0.562. The van der Waals surface area contributed by atoms with Crippen LogP contribution in [0.2, 0.25) is 0 Å². The highest BCUT2D eigenvalue weighted by molar-refractivity contribution is 14.0. The van der Waals surface area contributed by atoms with Crippen molar-refractivity contribution >= 4 is 29.9 Å². The van der Waals surface area contributed by atoms with E-state index < -0.39 is 11.6 Å². The summed E-state index contributed by atoms with van der Waals surface area (Å²) in [5.41, 5.74) is 0.202. The molecule has 0 saturated heterocycles. The van der Waals surface area contributed by atoms with E-state index in [0.29, 0.717) is 0 Å². The van der Waals surface area contributed by atoms with Crippen LogP contribution in [0.25, 0.3) is 0 Å². The maximum Gasteiger partial charge on any atom is 0.191 e. The Labute approximate surface area is 147 Å². The molecule has 22 heavy (non-hydrogen) atoms. The topological polar surface area (TPSA) is 36.4 Å². The molecular formula is C16H22F2IN3. The van der Waals surface area contributed by atoms with Gasteiger partial charge in [-0.15, -0.1) is 24.0 Å². The van der Waals surface area contributed by atoms with Gasteiger partial charge in [0.05, 0.1) is 0 Å². The largest absolute Gasteiger partial charge is 0.357 e. The smallest absolute Gasteiger partial charge is 0.191 e. The summed E-state index contributed by atoms with van der Waals surface area (Å²) in [7, 11) is 0. The molecule has 1 aromatic carbocycles. The van der Waals surface area contributed by atoms with Crippen molar-refractivity contribution in [2.45, 2.75) is 38.1 Å². The van der Waals surface area contributed by atoms with Crippen molar-refractivity contribution in [1.82, 2.24) is 10.6 Å². The highest BCUT2D eigenvalue weighted by Gasteiger charge is 2.42. The number of guanidine groups is 1. The Balaban J connectivity index is 0.00000176. The highest BCUT2D eigenvalue weighted by atomic mass is 127. The molecule has 0 heterocycles. The first-order valence-corrected chi connectivity index (χ1v) is 7.67. The van der Waals surface area contributed by atoms with Crippen LogP contribution in [0, 0.1) is 17.6 Å². The fourth-order valence-electron chi connectivity index (χ4n) is 2.55. The van der Waals surface area contributed by atoms with Crippen LogP contribution in [0.15, 0.2) is 23.2 Å². The Morgan fingerprint density at radius 2 is 1.95 bits per heavy atom. The third kappa shape index (κ3) is 4.30. The SMILES string of the molecule is CCNC(=NCC1CC1)NC1CC1c1c(F)cccc1F.I. The predicted octanol–water partition coefficient (Wildman–Crippen LogP) is 3.40. The van der Waals surface area contributed by atoms with Crippen LogP contribution in [0.4, 0.5) is 8.78 Å². The van der Waals surface area contributed by atoms with Crippen molar-refractivity contribution in [1.29, 1.82) is 0 Å². The summed E-state index contributed by atoms with van der Waals surface area (Å²) in [6.45, 7) is 3.62. The summed E-state index contributed by atoms with van der Waals surface area (Å²) < 4.78 is 27.5. The first-order valence-electron chi connectivity index (χ1n) is 7.67. The monoisotopic (exact) mass is 421 g/mol. The number of aliphatic imine (C=N–C) groups is 1. The van der Waals surface area contributed by atoms with Gasteiger partial charge in [0.25, 0.3) is 0 Å². The zero-order valence-electron chi connectivity index (χ0n) is 12.6. The molecule has 2 saturated carbocycles. The number of hydrogen-bond acceptors (Lipinski definition) is 1. The van der Waals surface area contributed by atoms with Gasteiger partial charge >= 0.3 is 0 Å². The van der Waals surface area contributed by atoms with Gasteiger partial charge in [0.2, 0.25) is 0 Å². The van der Waals surface area contributed by atoms with E-state index in [1.54, 1.807) is 0 Å². The van der Waals surface area contributed by atoms with Crippen LogP contribution in [0.1, 0.15) is 37.7 Å². The molecule has 6 heteroatoms. The molecule has 0 bridgehead atoms. The summed E-state index contributed by atoms with van der Waals surface area (Å²) in [5.74, 6) is 0.470. The lowest BCUT2D eigenvalue weighted by Crippen LogP contribution is -2.39. The second-order valence-corrected chi connectivity index (χ2v) is 5.89. The van der Waals surface area contributed by atoms with Crippen LogP contribution in [-0.2, 0) is 0 Å². The van der Waals surface area contributed by atoms with Gasteiger partial charge in [-0.05, 0) is 44.2 Å². The fourth-order valence-corrected chi connectivity index (χ4v) is 2.55. The molecule has 0 amide bonds. The quantitative estimate of drug-likeness (QED) is 0.435.